The maximum Gasteiger partial charge on any atom is 0.256 e. The second-order valence-corrected chi connectivity index (χ2v) is 8.01. The molecule has 0 spiro atoms. The van der Waals surface area contributed by atoms with E-state index in [1.54, 1.807) is 18.3 Å². The SMILES string of the molecule is CN1Cc2cccc(Nc3cccc(-c4nncn4[C@@H]4CCCC[C@H]4O)n3)c2C1=O. The number of rotatable bonds is 4. The molecule has 0 unspecified atom stereocenters. The summed E-state index contributed by atoms with van der Waals surface area (Å²) in [5, 5.41) is 22.1. The van der Waals surface area contributed by atoms with Crippen molar-refractivity contribution in [3.05, 3.63) is 53.9 Å². The average molecular weight is 404 g/mol. The van der Waals surface area contributed by atoms with Crippen molar-refractivity contribution >= 4 is 17.4 Å². The number of carbonyl (C=O) groups is 1. The Bertz CT molecular complexity index is 1090. The average Bonchev–Trinajstić information content (AvgIpc) is 3.34. The number of carbonyl (C=O) groups excluding carboxylic acids is 1. The van der Waals surface area contributed by atoms with Crippen LogP contribution in [0.3, 0.4) is 0 Å². The van der Waals surface area contributed by atoms with Crippen molar-refractivity contribution in [2.75, 3.05) is 12.4 Å². The number of hydrogen-bond donors (Lipinski definition) is 2. The molecule has 30 heavy (non-hydrogen) atoms. The molecule has 2 N–H and O–H groups in total. The number of fused-ring (bicyclic) bond motifs is 1. The molecule has 3 heterocycles. The monoisotopic (exact) mass is 404 g/mol. The molecule has 0 saturated heterocycles. The Kier molecular flexibility index (Phi) is 4.71. The van der Waals surface area contributed by atoms with Crippen LogP contribution in [0.2, 0.25) is 0 Å². The molecule has 8 nitrogen and oxygen atoms in total. The molecule has 154 valence electrons. The second-order valence-electron chi connectivity index (χ2n) is 8.01. The van der Waals surface area contributed by atoms with Gasteiger partial charge in [0.2, 0.25) is 0 Å². The van der Waals surface area contributed by atoms with Crippen molar-refractivity contribution in [1.82, 2.24) is 24.6 Å². The van der Waals surface area contributed by atoms with E-state index in [1.807, 2.05) is 41.0 Å². The van der Waals surface area contributed by atoms with Crippen LogP contribution < -0.4 is 5.32 Å². The molecular weight excluding hydrogens is 380 g/mol. The van der Waals surface area contributed by atoms with Gasteiger partial charge in [0.15, 0.2) is 5.82 Å². The fourth-order valence-electron chi connectivity index (χ4n) is 4.46. The molecule has 2 atom stereocenters. The Labute approximate surface area is 174 Å². The molecule has 3 aromatic rings. The molecule has 2 aliphatic rings. The van der Waals surface area contributed by atoms with Crippen molar-refractivity contribution in [2.24, 2.45) is 0 Å². The highest BCUT2D eigenvalue weighted by Gasteiger charge is 2.28. The van der Waals surface area contributed by atoms with E-state index in [4.69, 9.17) is 4.98 Å². The van der Waals surface area contributed by atoms with Crippen molar-refractivity contribution < 1.29 is 9.90 Å². The van der Waals surface area contributed by atoms with Gasteiger partial charge < -0.3 is 19.9 Å². The number of nitrogens with one attached hydrogen (secondary N) is 1. The van der Waals surface area contributed by atoms with Crippen LogP contribution in [0.25, 0.3) is 11.5 Å². The maximum atomic E-state index is 12.5. The minimum atomic E-state index is -0.398. The summed E-state index contributed by atoms with van der Waals surface area (Å²) in [7, 11) is 1.80. The van der Waals surface area contributed by atoms with Crippen LogP contribution in [0.15, 0.2) is 42.7 Å². The molecule has 5 rings (SSSR count). The Hall–Kier alpha value is -3.26. The molecule has 1 amide bonds. The number of aliphatic hydroxyl groups excluding tert-OH is 1. The Morgan fingerprint density at radius 1 is 1.13 bits per heavy atom. The van der Waals surface area contributed by atoms with E-state index in [1.165, 1.54) is 0 Å². The number of anilines is 2. The van der Waals surface area contributed by atoms with E-state index in [-0.39, 0.29) is 11.9 Å². The van der Waals surface area contributed by atoms with E-state index in [2.05, 4.69) is 15.5 Å². The fourth-order valence-corrected chi connectivity index (χ4v) is 4.46. The van der Waals surface area contributed by atoms with Gasteiger partial charge in [-0.3, -0.25) is 4.79 Å². The predicted octanol–water partition coefficient (Wildman–Crippen LogP) is 3.15. The highest BCUT2D eigenvalue weighted by Crippen LogP contribution is 2.33. The molecule has 0 bridgehead atoms. The largest absolute Gasteiger partial charge is 0.391 e. The van der Waals surface area contributed by atoms with E-state index >= 15 is 0 Å². The summed E-state index contributed by atoms with van der Waals surface area (Å²) in [5.41, 5.74) is 3.12. The van der Waals surface area contributed by atoms with Crippen LogP contribution >= 0.6 is 0 Å². The first kappa shape index (κ1) is 18.7. The van der Waals surface area contributed by atoms with Gasteiger partial charge in [-0.15, -0.1) is 10.2 Å². The van der Waals surface area contributed by atoms with Crippen LogP contribution in [0.4, 0.5) is 11.5 Å². The lowest BCUT2D eigenvalue weighted by Gasteiger charge is -2.29. The van der Waals surface area contributed by atoms with Gasteiger partial charge in [0.1, 0.15) is 17.8 Å². The third-order valence-corrected chi connectivity index (χ3v) is 5.98. The zero-order chi connectivity index (χ0) is 20.7. The lowest BCUT2D eigenvalue weighted by atomic mass is 9.92. The number of aromatic nitrogens is 4. The smallest absolute Gasteiger partial charge is 0.256 e. The van der Waals surface area contributed by atoms with Gasteiger partial charge in [-0.25, -0.2) is 4.98 Å². The molecule has 2 aromatic heterocycles. The predicted molar refractivity (Wildman–Crippen MR) is 112 cm³/mol. The minimum absolute atomic E-state index is 0.00952. The zero-order valence-electron chi connectivity index (χ0n) is 16.8. The Morgan fingerprint density at radius 3 is 2.83 bits per heavy atom. The van der Waals surface area contributed by atoms with Gasteiger partial charge in [0.05, 0.1) is 23.4 Å². The lowest BCUT2D eigenvalue weighted by Crippen LogP contribution is -2.27. The molecule has 1 aromatic carbocycles. The van der Waals surface area contributed by atoms with E-state index in [9.17, 15) is 9.90 Å². The van der Waals surface area contributed by atoms with Crippen LogP contribution in [0, 0.1) is 0 Å². The first-order valence-corrected chi connectivity index (χ1v) is 10.3. The maximum absolute atomic E-state index is 12.5. The molecule has 0 radical (unpaired) electrons. The molecule has 1 fully saturated rings. The van der Waals surface area contributed by atoms with Crippen LogP contribution in [0.5, 0.6) is 0 Å². The topological polar surface area (TPSA) is 96.2 Å². The Morgan fingerprint density at radius 2 is 1.97 bits per heavy atom. The summed E-state index contributed by atoms with van der Waals surface area (Å²) in [6, 6.07) is 11.4. The summed E-state index contributed by atoms with van der Waals surface area (Å²) in [5.74, 6) is 1.27. The molecular formula is C22H24N6O2. The third kappa shape index (κ3) is 3.23. The fraction of sp³-hybridized carbons (Fsp3) is 0.364. The van der Waals surface area contributed by atoms with Crippen LogP contribution in [-0.2, 0) is 6.54 Å². The van der Waals surface area contributed by atoms with Gasteiger partial charge >= 0.3 is 0 Å². The third-order valence-electron chi connectivity index (χ3n) is 5.98. The highest BCUT2D eigenvalue weighted by molar-refractivity contribution is 6.03. The number of hydrogen-bond acceptors (Lipinski definition) is 6. The van der Waals surface area contributed by atoms with Crippen molar-refractivity contribution in [2.45, 2.75) is 44.4 Å². The summed E-state index contributed by atoms with van der Waals surface area (Å²) < 4.78 is 1.94. The quantitative estimate of drug-likeness (QED) is 0.694. The van der Waals surface area contributed by atoms with E-state index in [0.717, 1.165) is 36.9 Å². The zero-order valence-corrected chi connectivity index (χ0v) is 16.8. The lowest BCUT2D eigenvalue weighted by molar-refractivity contribution is 0.0760. The first-order chi connectivity index (χ1) is 14.6. The summed E-state index contributed by atoms with van der Waals surface area (Å²) >= 11 is 0. The standard InChI is InChI=1S/C22H24N6O2/c1-27-12-14-6-4-7-15(20(14)22(27)30)24-19-11-5-8-16(25-19)21-26-23-13-28(21)17-9-2-3-10-18(17)29/h4-8,11,13,17-18,29H,2-3,9-10,12H2,1H3,(H,24,25)/t17-,18-/m1/s1. The van der Waals surface area contributed by atoms with Crippen molar-refractivity contribution in [1.29, 1.82) is 0 Å². The summed E-state index contributed by atoms with van der Waals surface area (Å²) in [6.07, 6.45) is 5.09. The molecule has 1 saturated carbocycles. The summed E-state index contributed by atoms with van der Waals surface area (Å²) in [6.45, 7) is 0.615. The van der Waals surface area contributed by atoms with E-state index in [0.29, 0.717) is 29.4 Å². The van der Waals surface area contributed by atoms with Gasteiger partial charge in [0.25, 0.3) is 5.91 Å². The molecule has 8 heteroatoms. The number of amides is 1. The van der Waals surface area contributed by atoms with Crippen molar-refractivity contribution in [3.8, 4) is 11.5 Å². The number of nitrogens with zero attached hydrogens (tertiary/aromatic N) is 5. The van der Waals surface area contributed by atoms with Gasteiger partial charge in [-0.05, 0) is 36.6 Å². The Balaban J connectivity index is 1.46. The van der Waals surface area contributed by atoms with Crippen molar-refractivity contribution in [3.63, 3.8) is 0 Å². The molecule has 1 aliphatic heterocycles. The van der Waals surface area contributed by atoms with Gasteiger partial charge in [0, 0.05) is 13.6 Å². The number of aliphatic hydroxyl groups is 1. The first-order valence-electron chi connectivity index (χ1n) is 10.3. The highest BCUT2D eigenvalue weighted by atomic mass is 16.3. The number of pyridine rings is 1. The normalized spacial score (nSPS) is 21.0. The van der Waals surface area contributed by atoms with Gasteiger partial charge in [-0.2, -0.15) is 0 Å². The number of benzene rings is 1. The van der Waals surface area contributed by atoms with Crippen LogP contribution in [0.1, 0.15) is 47.6 Å². The minimum Gasteiger partial charge on any atom is -0.391 e. The summed E-state index contributed by atoms with van der Waals surface area (Å²) in [4.78, 5) is 19.0. The van der Waals surface area contributed by atoms with Gasteiger partial charge in [-0.1, -0.05) is 31.0 Å². The second kappa shape index (κ2) is 7.53. The van der Waals surface area contributed by atoms with Crippen LogP contribution in [-0.4, -0.2) is 48.8 Å². The molecule has 1 aliphatic carbocycles. The van der Waals surface area contributed by atoms with E-state index < -0.39 is 6.10 Å².